The number of carbonyl (C=O) groups is 1. The second kappa shape index (κ2) is 5.29. The number of carbonyl (C=O) groups excluding carboxylic acids is 1. The molecule has 1 aliphatic carbocycles. The van der Waals surface area contributed by atoms with Gasteiger partial charge in [-0.2, -0.15) is 0 Å². The lowest BCUT2D eigenvalue weighted by Crippen LogP contribution is -2.55. The molecule has 2 N–H and O–H groups in total. The summed E-state index contributed by atoms with van der Waals surface area (Å²) >= 11 is 0. The number of nitrogens with zero attached hydrogens (tertiary/aromatic N) is 1. The number of anilines is 1. The zero-order valence-corrected chi connectivity index (χ0v) is 11.5. The summed E-state index contributed by atoms with van der Waals surface area (Å²) in [6.45, 7) is 4.76. The van der Waals surface area contributed by atoms with Crippen molar-refractivity contribution in [2.24, 2.45) is 17.1 Å². The molecule has 1 aromatic rings. The summed E-state index contributed by atoms with van der Waals surface area (Å²) in [4.78, 5) is 14.2. The predicted octanol–water partition coefficient (Wildman–Crippen LogP) is 2.55. The molecule has 1 aromatic carbocycles. The lowest BCUT2D eigenvalue weighted by Gasteiger charge is -2.46. The fourth-order valence-corrected chi connectivity index (χ4v) is 3.08. The Balaban J connectivity index is 2.28. The first-order valence-electron chi connectivity index (χ1n) is 6.80. The third-order valence-corrected chi connectivity index (χ3v) is 4.03. The number of para-hydroxylation sites is 1. The quantitative estimate of drug-likeness (QED) is 0.908. The standard InChI is InChI=1S/C15H21FN2O/c1-3-18(13-7-5-4-6-12(13)16)14(19)15(10-17)8-11(2)9-15/h4-7,11H,3,8-10,17H2,1-2H3. The van der Waals surface area contributed by atoms with Crippen molar-refractivity contribution in [3.05, 3.63) is 30.1 Å². The molecule has 0 spiro atoms. The van der Waals surface area contributed by atoms with Crippen LogP contribution in [0, 0.1) is 17.2 Å². The molecule has 0 bridgehead atoms. The first kappa shape index (κ1) is 14.0. The largest absolute Gasteiger partial charge is 0.329 e. The zero-order chi connectivity index (χ0) is 14.0. The van der Waals surface area contributed by atoms with Crippen molar-refractivity contribution in [1.29, 1.82) is 0 Å². The van der Waals surface area contributed by atoms with E-state index in [1.54, 1.807) is 18.2 Å². The predicted molar refractivity (Wildman–Crippen MR) is 74.3 cm³/mol. The van der Waals surface area contributed by atoms with Crippen LogP contribution >= 0.6 is 0 Å². The molecule has 4 heteroatoms. The summed E-state index contributed by atoms with van der Waals surface area (Å²) in [6, 6.07) is 6.39. The molecule has 0 atom stereocenters. The average Bonchev–Trinajstić information content (AvgIpc) is 2.37. The minimum Gasteiger partial charge on any atom is -0.329 e. The van der Waals surface area contributed by atoms with E-state index in [-0.39, 0.29) is 11.7 Å². The zero-order valence-electron chi connectivity index (χ0n) is 11.5. The first-order chi connectivity index (χ1) is 9.04. The second-order valence-corrected chi connectivity index (χ2v) is 5.50. The smallest absolute Gasteiger partial charge is 0.234 e. The number of amides is 1. The van der Waals surface area contributed by atoms with Gasteiger partial charge in [0.15, 0.2) is 0 Å². The van der Waals surface area contributed by atoms with E-state index < -0.39 is 5.41 Å². The Bertz CT molecular complexity index is 469. The highest BCUT2D eigenvalue weighted by Gasteiger charge is 2.49. The van der Waals surface area contributed by atoms with Gasteiger partial charge in [-0.15, -0.1) is 0 Å². The number of halogens is 1. The Labute approximate surface area is 113 Å². The third kappa shape index (κ3) is 2.37. The SMILES string of the molecule is CCN(C(=O)C1(CN)CC(C)C1)c1ccccc1F. The van der Waals surface area contributed by atoms with Crippen LogP contribution in [-0.4, -0.2) is 19.0 Å². The summed E-state index contributed by atoms with van der Waals surface area (Å²) in [5, 5.41) is 0. The maximum absolute atomic E-state index is 13.9. The van der Waals surface area contributed by atoms with Gasteiger partial charge >= 0.3 is 0 Å². The van der Waals surface area contributed by atoms with E-state index in [1.165, 1.54) is 11.0 Å². The van der Waals surface area contributed by atoms with Gasteiger partial charge in [0, 0.05) is 13.1 Å². The van der Waals surface area contributed by atoms with Gasteiger partial charge in [-0.05, 0) is 37.8 Å². The van der Waals surface area contributed by atoms with Crippen LogP contribution in [0.25, 0.3) is 0 Å². The molecule has 104 valence electrons. The van der Waals surface area contributed by atoms with Gasteiger partial charge in [0.25, 0.3) is 0 Å². The molecule has 0 aliphatic heterocycles. The molecule has 1 amide bonds. The molecule has 3 nitrogen and oxygen atoms in total. The van der Waals surface area contributed by atoms with Gasteiger partial charge < -0.3 is 10.6 Å². The van der Waals surface area contributed by atoms with Gasteiger partial charge in [-0.25, -0.2) is 4.39 Å². The van der Waals surface area contributed by atoms with E-state index in [0.29, 0.717) is 24.7 Å². The average molecular weight is 264 g/mol. The fourth-order valence-electron chi connectivity index (χ4n) is 3.08. The number of hydrogen-bond donors (Lipinski definition) is 1. The molecule has 0 radical (unpaired) electrons. The van der Waals surface area contributed by atoms with Crippen LogP contribution in [0.2, 0.25) is 0 Å². The molecule has 1 saturated carbocycles. The minimum atomic E-state index is -0.488. The van der Waals surface area contributed by atoms with Crippen LogP contribution < -0.4 is 10.6 Å². The van der Waals surface area contributed by atoms with E-state index in [9.17, 15) is 9.18 Å². The van der Waals surface area contributed by atoms with Crippen LogP contribution in [0.15, 0.2) is 24.3 Å². The second-order valence-electron chi connectivity index (χ2n) is 5.50. The van der Waals surface area contributed by atoms with Crippen LogP contribution in [0.3, 0.4) is 0 Å². The lowest BCUT2D eigenvalue weighted by molar-refractivity contribution is -0.135. The Hall–Kier alpha value is -1.42. The molecule has 0 heterocycles. The van der Waals surface area contributed by atoms with E-state index in [0.717, 1.165) is 12.8 Å². The van der Waals surface area contributed by atoms with Crippen LogP contribution in [0.4, 0.5) is 10.1 Å². The maximum atomic E-state index is 13.9. The highest BCUT2D eigenvalue weighted by Crippen LogP contribution is 2.46. The van der Waals surface area contributed by atoms with E-state index in [4.69, 9.17) is 5.73 Å². The Morgan fingerprint density at radius 2 is 2.11 bits per heavy atom. The summed E-state index contributed by atoms with van der Waals surface area (Å²) in [5.74, 6) is 0.116. The molecule has 0 aromatic heterocycles. The summed E-state index contributed by atoms with van der Waals surface area (Å²) in [5.41, 5.74) is 5.66. The minimum absolute atomic E-state index is 0.0410. The molecule has 19 heavy (non-hydrogen) atoms. The third-order valence-electron chi connectivity index (χ3n) is 4.03. The van der Waals surface area contributed by atoms with Crippen LogP contribution in [0.5, 0.6) is 0 Å². The summed E-state index contributed by atoms with van der Waals surface area (Å²) < 4.78 is 13.9. The van der Waals surface area contributed by atoms with Crippen molar-refractivity contribution in [3.63, 3.8) is 0 Å². The number of hydrogen-bond acceptors (Lipinski definition) is 2. The van der Waals surface area contributed by atoms with Gasteiger partial charge in [-0.1, -0.05) is 19.1 Å². The van der Waals surface area contributed by atoms with Gasteiger partial charge in [0.2, 0.25) is 5.91 Å². The van der Waals surface area contributed by atoms with Gasteiger partial charge in [0.05, 0.1) is 11.1 Å². The Morgan fingerprint density at radius 1 is 1.47 bits per heavy atom. The molecular formula is C15H21FN2O. The number of benzene rings is 1. The van der Waals surface area contributed by atoms with E-state index in [2.05, 4.69) is 6.92 Å². The highest BCUT2D eigenvalue weighted by atomic mass is 19.1. The normalized spacial score (nSPS) is 25.8. The highest BCUT2D eigenvalue weighted by molar-refractivity contribution is 5.98. The fraction of sp³-hybridized carbons (Fsp3) is 0.533. The van der Waals surface area contributed by atoms with Crippen molar-refractivity contribution in [2.45, 2.75) is 26.7 Å². The Morgan fingerprint density at radius 3 is 2.58 bits per heavy atom. The first-order valence-corrected chi connectivity index (χ1v) is 6.80. The van der Waals surface area contributed by atoms with Gasteiger partial charge in [-0.3, -0.25) is 4.79 Å². The van der Waals surface area contributed by atoms with Crippen molar-refractivity contribution < 1.29 is 9.18 Å². The molecule has 1 fully saturated rings. The van der Waals surface area contributed by atoms with Gasteiger partial charge in [0.1, 0.15) is 5.82 Å². The molecule has 0 saturated heterocycles. The molecule has 1 aliphatic rings. The summed E-state index contributed by atoms with van der Waals surface area (Å²) in [6.07, 6.45) is 1.60. The van der Waals surface area contributed by atoms with E-state index in [1.807, 2.05) is 6.92 Å². The van der Waals surface area contributed by atoms with Crippen molar-refractivity contribution in [3.8, 4) is 0 Å². The monoisotopic (exact) mass is 264 g/mol. The van der Waals surface area contributed by atoms with E-state index >= 15 is 0 Å². The van der Waals surface area contributed by atoms with Crippen molar-refractivity contribution in [2.75, 3.05) is 18.0 Å². The van der Waals surface area contributed by atoms with Crippen molar-refractivity contribution >= 4 is 11.6 Å². The lowest BCUT2D eigenvalue weighted by atomic mass is 9.61. The maximum Gasteiger partial charge on any atom is 0.234 e. The number of nitrogens with two attached hydrogens (primary N) is 1. The molecule has 2 rings (SSSR count). The van der Waals surface area contributed by atoms with Crippen molar-refractivity contribution in [1.82, 2.24) is 0 Å². The molecular weight excluding hydrogens is 243 g/mol. The van der Waals surface area contributed by atoms with Crippen LogP contribution in [-0.2, 0) is 4.79 Å². The summed E-state index contributed by atoms with van der Waals surface area (Å²) in [7, 11) is 0. The molecule has 0 unspecified atom stereocenters. The Kier molecular flexibility index (Phi) is 3.90. The topological polar surface area (TPSA) is 46.3 Å². The van der Waals surface area contributed by atoms with Crippen LogP contribution in [0.1, 0.15) is 26.7 Å². The number of rotatable bonds is 4.